The molecule has 0 amide bonds. The Balaban J connectivity index is 1.40. The highest BCUT2D eigenvalue weighted by Gasteiger charge is 2.30. The van der Waals surface area contributed by atoms with E-state index in [0.29, 0.717) is 38.8 Å². The van der Waals surface area contributed by atoms with E-state index in [9.17, 15) is 0 Å². The monoisotopic (exact) mass is 402 g/mol. The summed E-state index contributed by atoms with van der Waals surface area (Å²) in [6.07, 6.45) is -0.246. The Morgan fingerprint density at radius 1 is 0.633 bits per heavy atom. The number of hydrogen-bond donors (Lipinski definition) is 0. The van der Waals surface area contributed by atoms with Crippen molar-refractivity contribution in [1.29, 1.82) is 0 Å². The standard InChI is InChI=1S/C26H26O4/c1-4-10-21(11-5-1)16-27-19-24-26(30-18-23-14-8-3-9-15-23)25(20-29-24)28-17-22-12-6-2-7-13-22/h1-15,25H,16-20H2. The van der Waals surface area contributed by atoms with Gasteiger partial charge < -0.3 is 18.9 Å². The van der Waals surface area contributed by atoms with Crippen molar-refractivity contribution in [2.75, 3.05) is 13.2 Å². The summed E-state index contributed by atoms with van der Waals surface area (Å²) in [7, 11) is 0. The molecule has 1 heterocycles. The minimum Gasteiger partial charge on any atom is -0.489 e. The molecule has 0 aliphatic carbocycles. The van der Waals surface area contributed by atoms with Crippen molar-refractivity contribution in [3.05, 3.63) is 119 Å². The van der Waals surface area contributed by atoms with Gasteiger partial charge in [-0.15, -0.1) is 0 Å². The maximum atomic E-state index is 6.16. The lowest BCUT2D eigenvalue weighted by atomic mass is 10.2. The first-order valence-corrected chi connectivity index (χ1v) is 10.2. The average Bonchev–Trinajstić information content (AvgIpc) is 3.20. The van der Waals surface area contributed by atoms with E-state index in [1.165, 1.54) is 0 Å². The largest absolute Gasteiger partial charge is 0.489 e. The van der Waals surface area contributed by atoms with Crippen LogP contribution in [0.15, 0.2) is 103 Å². The molecular formula is C26H26O4. The Bertz CT molecular complexity index is 923. The third-order valence-electron chi connectivity index (χ3n) is 4.85. The molecule has 0 bridgehead atoms. The first-order chi connectivity index (χ1) is 14.9. The molecule has 3 aromatic carbocycles. The molecule has 1 unspecified atom stereocenters. The van der Waals surface area contributed by atoms with Crippen LogP contribution in [0.3, 0.4) is 0 Å². The zero-order chi connectivity index (χ0) is 20.4. The van der Waals surface area contributed by atoms with Crippen LogP contribution in [0.25, 0.3) is 0 Å². The normalized spacial score (nSPS) is 15.8. The topological polar surface area (TPSA) is 36.9 Å². The van der Waals surface area contributed by atoms with Gasteiger partial charge in [-0.2, -0.15) is 0 Å². The van der Waals surface area contributed by atoms with E-state index in [-0.39, 0.29) is 6.10 Å². The molecule has 0 spiro atoms. The lowest BCUT2D eigenvalue weighted by Crippen LogP contribution is -2.18. The molecule has 30 heavy (non-hydrogen) atoms. The predicted octanol–water partition coefficient (Wildman–Crippen LogP) is 5.25. The fraction of sp³-hybridized carbons (Fsp3) is 0.231. The second kappa shape index (κ2) is 10.6. The number of ether oxygens (including phenoxy) is 4. The Hall–Kier alpha value is -3.08. The van der Waals surface area contributed by atoms with Gasteiger partial charge in [0.05, 0.1) is 13.2 Å². The molecule has 1 aliphatic heterocycles. The summed E-state index contributed by atoms with van der Waals surface area (Å²) in [5.74, 6) is 1.43. The van der Waals surface area contributed by atoms with Gasteiger partial charge >= 0.3 is 0 Å². The zero-order valence-electron chi connectivity index (χ0n) is 16.9. The number of hydrogen-bond acceptors (Lipinski definition) is 4. The molecule has 0 N–H and O–H groups in total. The van der Waals surface area contributed by atoms with E-state index in [0.717, 1.165) is 22.4 Å². The molecular weight excluding hydrogens is 376 g/mol. The third-order valence-corrected chi connectivity index (χ3v) is 4.85. The summed E-state index contributed by atoms with van der Waals surface area (Å²) in [5, 5.41) is 0. The van der Waals surface area contributed by atoms with Crippen molar-refractivity contribution >= 4 is 0 Å². The van der Waals surface area contributed by atoms with Gasteiger partial charge in [0.1, 0.15) is 19.8 Å². The van der Waals surface area contributed by atoms with E-state index < -0.39 is 0 Å². The summed E-state index contributed by atoms with van der Waals surface area (Å²) in [6, 6.07) is 30.3. The molecule has 0 fully saturated rings. The van der Waals surface area contributed by atoms with Gasteiger partial charge in [0.25, 0.3) is 0 Å². The molecule has 1 aliphatic rings. The van der Waals surface area contributed by atoms with Gasteiger partial charge in [-0.3, -0.25) is 0 Å². The van der Waals surface area contributed by atoms with Gasteiger partial charge in [0.15, 0.2) is 17.6 Å². The SMILES string of the molecule is c1ccc(COCC2=C(OCc3ccccc3)C(OCc3ccccc3)CO2)cc1. The summed E-state index contributed by atoms with van der Waals surface area (Å²) < 4.78 is 24.1. The third kappa shape index (κ3) is 5.72. The summed E-state index contributed by atoms with van der Waals surface area (Å²) >= 11 is 0. The van der Waals surface area contributed by atoms with Crippen molar-refractivity contribution in [1.82, 2.24) is 0 Å². The van der Waals surface area contributed by atoms with Crippen LogP contribution in [0.1, 0.15) is 16.7 Å². The van der Waals surface area contributed by atoms with Gasteiger partial charge in [-0.05, 0) is 16.7 Å². The van der Waals surface area contributed by atoms with Crippen LogP contribution in [0, 0.1) is 0 Å². The van der Waals surface area contributed by atoms with Crippen LogP contribution >= 0.6 is 0 Å². The van der Waals surface area contributed by atoms with E-state index in [1.807, 2.05) is 91.0 Å². The van der Waals surface area contributed by atoms with E-state index in [1.54, 1.807) is 0 Å². The molecule has 1 atom stereocenters. The maximum absolute atomic E-state index is 6.16. The second-order valence-electron chi connectivity index (χ2n) is 7.14. The molecule has 4 nitrogen and oxygen atoms in total. The number of rotatable bonds is 10. The van der Waals surface area contributed by atoms with E-state index in [2.05, 4.69) is 0 Å². The van der Waals surface area contributed by atoms with Crippen molar-refractivity contribution in [2.45, 2.75) is 25.9 Å². The highest BCUT2D eigenvalue weighted by molar-refractivity contribution is 5.18. The van der Waals surface area contributed by atoms with Crippen LogP contribution in [-0.4, -0.2) is 19.3 Å². The Morgan fingerprint density at radius 2 is 1.17 bits per heavy atom. The van der Waals surface area contributed by atoms with Crippen LogP contribution in [0.5, 0.6) is 0 Å². The Kier molecular flexibility index (Phi) is 7.16. The van der Waals surface area contributed by atoms with Crippen LogP contribution in [0.2, 0.25) is 0 Å². The minimum atomic E-state index is -0.246. The zero-order valence-corrected chi connectivity index (χ0v) is 16.9. The molecule has 0 radical (unpaired) electrons. The van der Waals surface area contributed by atoms with Crippen molar-refractivity contribution in [2.24, 2.45) is 0 Å². The highest BCUT2D eigenvalue weighted by Crippen LogP contribution is 2.26. The Labute approximate surface area is 177 Å². The number of benzene rings is 3. The molecule has 154 valence electrons. The first kappa shape index (κ1) is 20.2. The van der Waals surface area contributed by atoms with E-state index in [4.69, 9.17) is 18.9 Å². The lowest BCUT2D eigenvalue weighted by molar-refractivity contribution is 0.00681. The molecule has 0 saturated carbocycles. The average molecular weight is 402 g/mol. The van der Waals surface area contributed by atoms with Crippen molar-refractivity contribution < 1.29 is 18.9 Å². The van der Waals surface area contributed by atoms with Gasteiger partial charge in [0, 0.05) is 0 Å². The van der Waals surface area contributed by atoms with Crippen LogP contribution in [-0.2, 0) is 38.8 Å². The van der Waals surface area contributed by atoms with Gasteiger partial charge in [-0.1, -0.05) is 91.0 Å². The quantitative estimate of drug-likeness (QED) is 0.464. The molecule has 3 aromatic rings. The smallest absolute Gasteiger partial charge is 0.169 e. The first-order valence-electron chi connectivity index (χ1n) is 10.2. The highest BCUT2D eigenvalue weighted by atomic mass is 16.6. The predicted molar refractivity (Wildman–Crippen MR) is 115 cm³/mol. The minimum absolute atomic E-state index is 0.246. The summed E-state index contributed by atoms with van der Waals surface area (Å²) in [5.41, 5.74) is 3.34. The van der Waals surface area contributed by atoms with Crippen molar-refractivity contribution in [3.63, 3.8) is 0 Å². The fourth-order valence-corrected chi connectivity index (χ4v) is 3.25. The maximum Gasteiger partial charge on any atom is 0.169 e. The molecule has 0 aromatic heterocycles. The molecule has 0 saturated heterocycles. The summed E-state index contributed by atoms with van der Waals surface area (Å²) in [6.45, 7) is 2.28. The summed E-state index contributed by atoms with van der Waals surface area (Å²) in [4.78, 5) is 0. The van der Waals surface area contributed by atoms with Gasteiger partial charge in [0.2, 0.25) is 0 Å². The fourth-order valence-electron chi connectivity index (χ4n) is 3.25. The lowest BCUT2D eigenvalue weighted by Gasteiger charge is -2.16. The van der Waals surface area contributed by atoms with Crippen LogP contribution < -0.4 is 0 Å². The van der Waals surface area contributed by atoms with E-state index >= 15 is 0 Å². The van der Waals surface area contributed by atoms with Crippen LogP contribution in [0.4, 0.5) is 0 Å². The Morgan fingerprint density at radius 3 is 1.77 bits per heavy atom. The van der Waals surface area contributed by atoms with Crippen molar-refractivity contribution in [3.8, 4) is 0 Å². The molecule has 4 heteroatoms. The molecule has 4 rings (SSSR count). The van der Waals surface area contributed by atoms with Gasteiger partial charge in [-0.25, -0.2) is 0 Å². The second-order valence-corrected chi connectivity index (χ2v) is 7.14.